The molecule has 1 rings (SSSR count). The summed E-state index contributed by atoms with van der Waals surface area (Å²) >= 11 is 5.59. The Kier molecular flexibility index (Phi) is 3.17. The number of rotatable bonds is 2. The SMILES string of the molecule is FC(F)=CCc1cncc(Cl)c1. The number of pyridine rings is 1. The molecule has 12 heavy (non-hydrogen) atoms. The van der Waals surface area contributed by atoms with Crippen molar-refractivity contribution in [1.82, 2.24) is 4.98 Å². The van der Waals surface area contributed by atoms with Gasteiger partial charge in [-0.2, -0.15) is 8.78 Å². The fraction of sp³-hybridized carbons (Fsp3) is 0.125. The molecule has 4 heteroatoms. The first-order chi connectivity index (χ1) is 5.68. The average Bonchev–Trinajstić information content (AvgIpc) is 2.01. The lowest BCUT2D eigenvalue weighted by Crippen LogP contribution is -1.82. The quantitative estimate of drug-likeness (QED) is 0.697. The van der Waals surface area contributed by atoms with Gasteiger partial charge in [0.2, 0.25) is 0 Å². The highest BCUT2D eigenvalue weighted by atomic mass is 35.5. The average molecular weight is 190 g/mol. The predicted molar refractivity (Wildman–Crippen MR) is 43.3 cm³/mol. The van der Waals surface area contributed by atoms with E-state index in [0.29, 0.717) is 10.6 Å². The van der Waals surface area contributed by atoms with Crippen molar-refractivity contribution in [2.45, 2.75) is 6.42 Å². The Morgan fingerprint density at radius 2 is 2.25 bits per heavy atom. The maximum atomic E-state index is 11.6. The summed E-state index contributed by atoms with van der Waals surface area (Å²) in [6.45, 7) is 0. The number of halogens is 3. The molecule has 0 aromatic carbocycles. The maximum Gasteiger partial charge on any atom is 0.266 e. The van der Waals surface area contributed by atoms with Crippen LogP contribution in [0, 0.1) is 0 Å². The van der Waals surface area contributed by atoms with E-state index in [9.17, 15) is 8.78 Å². The van der Waals surface area contributed by atoms with Crippen LogP contribution in [0.5, 0.6) is 0 Å². The number of nitrogens with zero attached hydrogens (tertiary/aromatic N) is 1. The van der Waals surface area contributed by atoms with Gasteiger partial charge in [-0.25, -0.2) is 0 Å². The molecule has 1 nitrogen and oxygen atoms in total. The van der Waals surface area contributed by atoms with E-state index >= 15 is 0 Å². The number of allylic oxidation sites excluding steroid dienone is 1. The van der Waals surface area contributed by atoms with Gasteiger partial charge in [0.25, 0.3) is 6.08 Å². The summed E-state index contributed by atoms with van der Waals surface area (Å²) < 4.78 is 23.3. The smallest absolute Gasteiger partial charge is 0.263 e. The molecule has 0 fully saturated rings. The van der Waals surface area contributed by atoms with Gasteiger partial charge in [0.05, 0.1) is 5.02 Å². The van der Waals surface area contributed by atoms with Gasteiger partial charge in [0, 0.05) is 12.4 Å². The third kappa shape index (κ3) is 2.96. The van der Waals surface area contributed by atoms with E-state index in [2.05, 4.69) is 4.98 Å². The molecule has 0 aliphatic carbocycles. The summed E-state index contributed by atoms with van der Waals surface area (Å²) in [5, 5.41) is 0.458. The largest absolute Gasteiger partial charge is 0.266 e. The first-order valence-electron chi connectivity index (χ1n) is 3.29. The molecule has 0 bridgehead atoms. The Labute approximate surface area is 73.7 Å². The summed E-state index contributed by atoms with van der Waals surface area (Å²) in [6.07, 6.45) is 2.27. The molecule has 0 saturated heterocycles. The van der Waals surface area contributed by atoms with Gasteiger partial charge in [-0.3, -0.25) is 4.98 Å². The maximum absolute atomic E-state index is 11.6. The minimum atomic E-state index is -1.69. The molecule has 0 N–H and O–H groups in total. The van der Waals surface area contributed by atoms with E-state index in [1.165, 1.54) is 12.4 Å². The van der Waals surface area contributed by atoms with Gasteiger partial charge in [-0.1, -0.05) is 11.6 Å². The van der Waals surface area contributed by atoms with Crippen molar-refractivity contribution in [3.8, 4) is 0 Å². The molecule has 0 atom stereocenters. The van der Waals surface area contributed by atoms with Crippen LogP contribution in [0.3, 0.4) is 0 Å². The van der Waals surface area contributed by atoms with Crippen LogP contribution in [-0.4, -0.2) is 4.98 Å². The first kappa shape index (κ1) is 9.13. The van der Waals surface area contributed by atoms with E-state index < -0.39 is 6.08 Å². The molecule has 0 unspecified atom stereocenters. The second-order valence-corrected chi connectivity index (χ2v) is 2.65. The molecule has 0 aliphatic heterocycles. The van der Waals surface area contributed by atoms with Crippen molar-refractivity contribution in [3.05, 3.63) is 41.2 Å². The Morgan fingerprint density at radius 1 is 1.50 bits per heavy atom. The molecule has 0 radical (unpaired) electrons. The van der Waals surface area contributed by atoms with Crippen LogP contribution in [-0.2, 0) is 6.42 Å². The zero-order valence-corrected chi connectivity index (χ0v) is 6.85. The third-order valence-electron chi connectivity index (χ3n) is 1.25. The minimum absolute atomic E-state index is 0.163. The summed E-state index contributed by atoms with van der Waals surface area (Å²) in [6, 6.07) is 1.61. The Balaban J connectivity index is 2.70. The fourth-order valence-electron chi connectivity index (χ4n) is 0.762. The van der Waals surface area contributed by atoms with Gasteiger partial charge < -0.3 is 0 Å². The highest BCUT2D eigenvalue weighted by molar-refractivity contribution is 6.30. The molecular formula is C8H6ClF2N. The van der Waals surface area contributed by atoms with Crippen molar-refractivity contribution in [3.63, 3.8) is 0 Å². The van der Waals surface area contributed by atoms with Crippen molar-refractivity contribution in [2.24, 2.45) is 0 Å². The summed E-state index contributed by atoms with van der Waals surface area (Å²) in [5.41, 5.74) is 0.676. The monoisotopic (exact) mass is 189 g/mol. The Morgan fingerprint density at radius 3 is 2.83 bits per heavy atom. The second-order valence-electron chi connectivity index (χ2n) is 2.21. The highest BCUT2D eigenvalue weighted by Crippen LogP contribution is 2.10. The van der Waals surface area contributed by atoms with Gasteiger partial charge in [0.1, 0.15) is 0 Å². The van der Waals surface area contributed by atoms with Crippen LogP contribution in [0.15, 0.2) is 30.6 Å². The Hall–Kier alpha value is -0.960. The normalized spacial score (nSPS) is 9.58. The van der Waals surface area contributed by atoms with Crippen LogP contribution >= 0.6 is 11.6 Å². The van der Waals surface area contributed by atoms with E-state index in [1.54, 1.807) is 6.07 Å². The lowest BCUT2D eigenvalue weighted by Gasteiger charge is -1.94. The van der Waals surface area contributed by atoms with Crippen molar-refractivity contribution in [2.75, 3.05) is 0 Å². The van der Waals surface area contributed by atoms with E-state index in [1.807, 2.05) is 0 Å². The van der Waals surface area contributed by atoms with Gasteiger partial charge in [0.15, 0.2) is 0 Å². The van der Waals surface area contributed by atoms with E-state index in [4.69, 9.17) is 11.6 Å². The molecule has 0 amide bonds. The van der Waals surface area contributed by atoms with Crippen molar-refractivity contribution in [1.29, 1.82) is 0 Å². The Bertz CT molecular complexity index is 295. The molecule has 0 aliphatic rings. The standard InChI is InChI=1S/C8H6ClF2N/c9-7-3-6(4-12-5-7)1-2-8(10)11/h2-5H,1H2. The van der Waals surface area contributed by atoms with E-state index in [-0.39, 0.29) is 6.42 Å². The molecular weight excluding hydrogens is 184 g/mol. The molecule has 1 heterocycles. The number of aromatic nitrogens is 1. The topological polar surface area (TPSA) is 12.9 Å². The second kappa shape index (κ2) is 4.16. The number of hydrogen-bond donors (Lipinski definition) is 0. The summed E-state index contributed by atoms with van der Waals surface area (Å²) in [4.78, 5) is 3.76. The van der Waals surface area contributed by atoms with Crippen LogP contribution < -0.4 is 0 Å². The summed E-state index contributed by atoms with van der Waals surface area (Å²) in [7, 11) is 0. The first-order valence-corrected chi connectivity index (χ1v) is 3.67. The van der Waals surface area contributed by atoms with Crippen LogP contribution in [0.2, 0.25) is 5.02 Å². The summed E-state index contributed by atoms with van der Waals surface area (Å²) in [5.74, 6) is 0. The zero-order valence-electron chi connectivity index (χ0n) is 6.10. The third-order valence-corrected chi connectivity index (χ3v) is 1.46. The minimum Gasteiger partial charge on any atom is -0.263 e. The molecule has 1 aromatic heterocycles. The van der Waals surface area contributed by atoms with Gasteiger partial charge in [-0.05, 0) is 24.1 Å². The van der Waals surface area contributed by atoms with Crippen LogP contribution in [0.1, 0.15) is 5.56 Å². The van der Waals surface area contributed by atoms with Gasteiger partial charge in [-0.15, -0.1) is 0 Å². The molecule has 0 spiro atoms. The molecule has 64 valence electrons. The van der Waals surface area contributed by atoms with Crippen LogP contribution in [0.4, 0.5) is 8.78 Å². The van der Waals surface area contributed by atoms with Crippen LogP contribution in [0.25, 0.3) is 0 Å². The molecule has 1 aromatic rings. The predicted octanol–water partition coefficient (Wildman–Crippen LogP) is 3.06. The fourth-order valence-corrected chi connectivity index (χ4v) is 0.959. The van der Waals surface area contributed by atoms with Crippen molar-refractivity contribution >= 4 is 11.6 Å². The van der Waals surface area contributed by atoms with Crippen molar-refractivity contribution < 1.29 is 8.78 Å². The van der Waals surface area contributed by atoms with Gasteiger partial charge >= 0.3 is 0 Å². The lowest BCUT2D eigenvalue weighted by atomic mass is 10.2. The number of hydrogen-bond acceptors (Lipinski definition) is 1. The lowest BCUT2D eigenvalue weighted by molar-refractivity contribution is 0.418. The van der Waals surface area contributed by atoms with E-state index in [0.717, 1.165) is 6.08 Å². The molecule has 0 saturated carbocycles. The highest BCUT2D eigenvalue weighted by Gasteiger charge is 1.94. The zero-order chi connectivity index (χ0) is 8.97.